The molecule has 0 aliphatic carbocycles. The lowest BCUT2D eigenvalue weighted by Gasteiger charge is -1.99. The number of fused-ring (bicyclic) bond motifs is 1. The van der Waals surface area contributed by atoms with Gasteiger partial charge in [0.2, 0.25) is 0 Å². The Bertz CT molecular complexity index is 1370. The fourth-order valence-corrected chi connectivity index (χ4v) is 3.42. The van der Waals surface area contributed by atoms with E-state index >= 15 is 0 Å². The van der Waals surface area contributed by atoms with Crippen LogP contribution in [0.5, 0.6) is 0 Å². The highest BCUT2D eigenvalue weighted by molar-refractivity contribution is 5.89. The lowest BCUT2D eigenvalue weighted by molar-refractivity contribution is 0.0697. The van der Waals surface area contributed by atoms with E-state index in [0.29, 0.717) is 11.3 Å². The molecule has 5 aromatic rings. The molecule has 2 heterocycles. The number of aromatic nitrogens is 3. The maximum absolute atomic E-state index is 11.0. The number of aromatic carboxylic acids is 1. The van der Waals surface area contributed by atoms with Gasteiger partial charge in [0, 0.05) is 22.6 Å². The van der Waals surface area contributed by atoms with E-state index < -0.39 is 5.97 Å². The van der Waals surface area contributed by atoms with E-state index in [4.69, 9.17) is 9.52 Å². The third-order valence-corrected chi connectivity index (χ3v) is 4.98. The van der Waals surface area contributed by atoms with E-state index in [2.05, 4.69) is 10.2 Å². The van der Waals surface area contributed by atoms with Gasteiger partial charge in [-0.2, -0.15) is 9.90 Å². The van der Waals surface area contributed by atoms with Crippen LogP contribution in [0.2, 0.25) is 0 Å². The van der Waals surface area contributed by atoms with E-state index in [0.717, 1.165) is 33.6 Å². The number of rotatable bonds is 4. The van der Waals surface area contributed by atoms with Crippen LogP contribution in [0.15, 0.2) is 83.3 Å². The van der Waals surface area contributed by atoms with Crippen LogP contribution in [-0.4, -0.2) is 26.1 Å². The Morgan fingerprint density at radius 2 is 1.67 bits per heavy atom. The van der Waals surface area contributed by atoms with Gasteiger partial charge in [0.15, 0.2) is 0 Å². The molecule has 2 aromatic heterocycles. The molecule has 0 amide bonds. The molecule has 0 bridgehead atoms. The number of nitrogens with zero attached hydrogens (tertiary/aromatic N) is 3. The maximum atomic E-state index is 11.0. The summed E-state index contributed by atoms with van der Waals surface area (Å²) in [6, 6.07) is 24.3. The van der Waals surface area contributed by atoms with Crippen molar-refractivity contribution in [1.29, 1.82) is 0 Å². The van der Waals surface area contributed by atoms with Gasteiger partial charge in [0.1, 0.15) is 17.0 Å². The first-order valence-electron chi connectivity index (χ1n) is 9.45. The third kappa shape index (κ3) is 3.14. The van der Waals surface area contributed by atoms with Crippen molar-refractivity contribution in [3.05, 3.63) is 90.1 Å². The molecule has 0 saturated heterocycles. The first-order valence-corrected chi connectivity index (χ1v) is 9.45. The fourth-order valence-electron chi connectivity index (χ4n) is 3.42. The summed E-state index contributed by atoms with van der Waals surface area (Å²) in [5, 5.41) is 19.2. The molecule has 5 rings (SSSR count). The first-order chi connectivity index (χ1) is 14.6. The lowest BCUT2D eigenvalue weighted by atomic mass is 10.1. The SMILES string of the molecule is Cc1nn(-c2ccc3cc(-c4ccc(C(=O)O)cc4)oc3c2)nc1-c1ccccc1. The number of carboxylic acid groups (broad SMARTS) is 1. The van der Waals surface area contributed by atoms with Crippen LogP contribution in [0.4, 0.5) is 0 Å². The Balaban J connectivity index is 1.51. The summed E-state index contributed by atoms with van der Waals surface area (Å²) in [7, 11) is 0. The smallest absolute Gasteiger partial charge is 0.335 e. The largest absolute Gasteiger partial charge is 0.478 e. The molecule has 0 atom stereocenters. The summed E-state index contributed by atoms with van der Waals surface area (Å²) in [6.07, 6.45) is 0. The zero-order chi connectivity index (χ0) is 20.7. The van der Waals surface area contributed by atoms with Crippen LogP contribution < -0.4 is 0 Å². The number of aryl methyl sites for hydroxylation is 1. The van der Waals surface area contributed by atoms with Crippen LogP contribution in [0, 0.1) is 6.92 Å². The molecule has 30 heavy (non-hydrogen) atoms. The number of hydrogen-bond acceptors (Lipinski definition) is 4. The molecule has 6 heteroatoms. The minimum atomic E-state index is -0.951. The molecule has 0 spiro atoms. The van der Waals surface area contributed by atoms with Gasteiger partial charge in [-0.15, -0.1) is 5.10 Å². The zero-order valence-corrected chi connectivity index (χ0v) is 16.1. The van der Waals surface area contributed by atoms with Crippen LogP contribution >= 0.6 is 0 Å². The minimum Gasteiger partial charge on any atom is -0.478 e. The van der Waals surface area contributed by atoms with Gasteiger partial charge >= 0.3 is 5.97 Å². The van der Waals surface area contributed by atoms with Gasteiger partial charge < -0.3 is 9.52 Å². The number of carbonyl (C=O) groups is 1. The minimum absolute atomic E-state index is 0.242. The maximum Gasteiger partial charge on any atom is 0.335 e. The van der Waals surface area contributed by atoms with Gasteiger partial charge in [-0.3, -0.25) is 0 Å². The summed E-state index contributed by atoms with van der Waals surface area (Å²) in [5.74, 6) is -0.277. The Hall–Kier alpha value is -4.19. The topological polar surface area (TPSA) is 81.2 Å². The molecule has 3 aromatic carbocycles. The van der Waals surface area contributed by atoms with Gasteiger partial charge in [-0.25, -0.2) is 4.79 Å². The average Bonchev–Trinajstić information content (AvgIpc) is 3.37. The summed E-state index contributed by atoms with van der Waals surface area (Å²) >= 11 is 0. The van der Waals surface area contributed by atoms with Crippen molar-refractivity contribution in [3.63, 3.8) is 0 Å². The van der Waals surface area contributed by atoms with Crippen molar-refractivity contribution in [2.75, 3.05) is 0 Å². The molecule has 0 fully saturated rings. The molecule has 146 valence electrons. The summed E-state index contributed by atoms with van der Waals surface area (Å²) < 4.78 is 6.02. The standard InChI is InChI=1S/C24H17N3O3/c1-15-23(17-5-3-2-4-6-17)26-27(25-15)20-12-11-19-13-21(30-22(19)14-20)16-7-9-18(10-8-16)24(28)29/h2-14H,1H3,(H,28,29). The van der Waals surface area contributed by atoms with Crippen molar-refractivity contribution < 1.29 is 14.3 Å². The first kappa shape index (κ1) is 17.9. The number of carboxylic acids is 1. The Morgan fingerprint density at radius 1 is 0.900 bits per heavy atom. The highest BCUT2D eigenvalue weighted by atomic mass is 16.4. The monoisotopic (exact) mass is 395 g/mol. The van der Waals surface area contributed by atoms with Gasteiger partial charge in [0.05, 0.1) is 16.9 Å². The molecule has 6 nitrogen and oxygen atoms in total. The molecule has 0 radical (unpaired) electrons. The van der Waals surface area contributed by atoms with E-state index in [1.54, 1.807) is 29.1 Å². The van der Waals surface area contributed by atoms with Crippen LogP contribution in [0.1, 0.15) is 16.1 Å². The molecular weight excluding hydrogens is 378 g/mol. The number of hydrogen-bond donors (Lipinski definition) is 1. The molecule has 0 unspecified atom stereocenters. The normalized spacial score (nSPS) is 11.1. The highest BCUT2D eigenvalue weighted by Crippen LogP contribution is 2.30. The van der Waals surface area contributed by atoms with E-state index in [9.17, 15) is 4.79 Å². The third-order valence-electron chi connectivity index (χ3n) is 4.98. The van der Waals surface area contributed by atoms with Crippen LogP contribution in [0.25, 0.3) is 39.2 Å². The van der Waals surface area contributed by atoms with Gasteiger partial charge in [-0.05, 0) is 37.3 Å². The summed E-state index contributed by atoms with van der Waals surface area (Å²) in [5.41, 5.74) is 5.28. The second-order valence-electron chi connectivity index (χ2n) is 7.00. The summed E-state index contributed by atoms with van der Waals surface area (Å²) in [4.78, 5) is 12.7. The van der Waals surface area contributed by atoms with E-state index in [1.807, 2.05) is 61.5 Å². The van der Waals surface area contributed by atoms with Gasteiger partial charge in [0.25, 0.3) is 0 Å². The number of benzene rings is 3. The molecular formula is C24H17N3O3. The predicted molar refractivity (Wildman–Crippen MR) is 114 cm³/mol. The highest BCUT2D eigenvalue weighted by Gasteiger charge is 2.13. The van der Waals surface area contributed by atoms with Gasteiger partial charge in [-0.1, -0.05) is 42.5 Å². The summed E-state index contributed by atoms with van der Waals surface area (Å²) in [6.45, 7) is 1.94. The second kappa shape index (κ2) is 7.00. The van der Waals surface area contributed by atoms with Crippen LogP contribution in [0.3, 0.4) is 0 Å². The van der Waals surface area contributed by atoms with Crippen molar-refractivity contribution >= 4 is 16.9 Å². The second-order valence-corrected chi connectivity index (χ2v) is 7.00. The predicted octanol–water partition coefficient (Wildman–Crippen LogP) is 5.35. The number of furan rings is 1. The van der Waals surface area contributed by atoms with Crippen molar-refractivity contribution in [1.82, 2.24) is 15.0 Å². The van der Waals surface area contributed by atoms with E-state index in [-0.39, 0.29) is 5.56 Å². The van der Waals surface area contributed by atoms with Crippen LogP contribution in [-0.2, 0) is 0 Å². The van der Waals surface area contributed by atoms with Crippen molar-refractivity contribution in [2.24, 2.45) is 0 Å². The Morgan fingerprint density at radius 3 is 2.40 bits per heavy atom. The zero-order valence-electron chi connectivity index (χ0n) is 16.1. The van der Waals surface area contributed by atoms with E-state index in [1.165, 1.54) is 0 Å². The fraction of sp³-hybridized carbons (Fsp3) is 0.0417. The van der Waals surface area contributed by atoms with Crippen molar-refractivity contribution in [2.45, 2.75) is 6.92 Å². The lowest BCUT2D eigenvalue weighted by Crippen LogP contribution is -1.98. The Labute approximate surface area is 172 Å². The molecule has 0 saturated carbocycles. The molecule has 0 aliphatic heterocycles. The Kier molecular flexibility index (Phi) is 4.17. The molecule has 0 aliphatic rings. The average molecular weight is 395 g/mol. The molecule has 1 N–H and O–H groups in total. The van der Waals surface area contributed by atoms with Crippen molar-refractivity contribution in [3.8, 4) is 28.3 Å². The quantitative estimate of drug-likeness (QED) is 0.443.